The average molecular weight is 296 g/mol. The Morgan fingerprint density at radius 1 is 1.29 bits per heavy atom. The molecule has 0 radical (unpaired) electrons. The Labute approximate surface area is 124 Å². The fourth-order valence-corrected chi connectivity index (χ4v) is 3.43. The number of carbonyl (C=O) groups is 1. The van der Waals surface area contributed by atoms with Crippen molar-refractivity contribution < 1.29 is 18.7 Å². The van der Waals surface area contributed by atoms with E-state index < -0.39 is 17.6 Å². The summed E-state index contributed by atoms with van der Waals surface area (Å²) < 4.78 is 26.3. The zero-order valence-corrected chi connectivity index (χ0v) is 12.5. The number of halogens is 2. The maximum atomic E-state index is 13.3. The van der Waals surface area contributed by atoms with E-state index in [9.17, 15) is 18.7 Å². The summed E-state index contributed by atoms with van der Waals surface area (Å²) in [4.78, 5) is 11.4. The molecule has 2 nitrogen and oxygen atoms in total. The minimum atomic E-state index is -0.865. The number of rotatable bonds is 4. The van der Waals surface area contributed by atoms with Gasteiger partial charge in [0.15, 0.2) is 11.6 Å². The van der Waals surface area contributed by atoms with E-state index in [2.05, 4.69) is 13.8 Å². The third kappa shape index (κ3) is 3.80. The van der Waals surface area contributed by atoms with Crippen LogP contribution in [0.15, 0.2) is 18.2 Å². The van der Waals surface area contributed by atoms with Crippen LogP contribution in [-0.4, -0.2) is 11.1 Å². The second-order valence-electron chi connectivity index (χ2n) is 6.47. The van der Waals surface area contributed by atoms with Gasteiger partial charge in [0.25, 0.3) is 0 Å². The van der Waals surface area contributed by atoms with Crippen molar-refractivity contribution in [2.45, 2.75) is 39.5 Å². The van der Waals surface area contributed by atoms with Crippen molar-refractivity contribution in [1.29, 1.82) is 0 Å². The highest BCUT2D eigenvalue weighted by molar-refractivity contribution is 5.70. The number of benzene rings is 1. The van der Waals surface area contributed by atoms with Crippen LogP contribution in [0.25, 0.3) is 0 Å². The van der Waals surface area contributed by atoms with Crippen molar-refractivity contribution >= 4 is 5.97 Å². The molecule has 4 heteroatoms. The smallest absolute Gasteiger partial charge is 0.306 e. The molecule has 0 aliphatic heterocycles. The highest BCUT2D eigenvalue weighted by atomic mass is 19.2. The van der Waals surface area contributed by atoms with E-state index in [1.165, 1.54) is 6.07 Å². The Kier molecular flexibility index (Phi) is 4.96. The fraction of sp³-hybridized carbons (Fsp3) is 0.588. The van der Waals surface area contributed by atoms with E-state index in [1.807, 2.05) is 0 Å². The van der Waals surface area contributed by atoms with Gasteiger partial charge in [-0.15, -0.1) is 0 Å². The van der Waals surface area contributed by atoms with Gasteiger partial charge in [0.05, 0.1) is 5.92 Å². The average Bonchev–Trinajstić information content (AvgIpc) is 2.42. The molecule has 1 saturated carbocycles. The monoisotopic (exact) mass is 296 g/mol. The van der Waals surface area contributed by atoms with Crippen LogP contribution in [0, 0.1) is 35.3 Å². The van der Waals surface area contributed by atoms with Gasteiger partial charge in [-0.05, 0) is 61.1 Å². The van der Waals surface area contributed by atoms with E-state index in [0.29, 0.717) is 30.2 Å². The number of carboxylic acid groups (broad SMARTS) is 1. The molecule has 1 N–H and O–H groups in total. The van der Waals surface area contributed by atoms with E-state index in [4.69, 9.17) is 0 Å². The summed E-state index contributed by atoms with van der Waals surface area (Å²) >= 11 is 0. The molecular weight excluding hydrogens is 274 g/mol. The minimum absolute atomic E-state index is 0.00601. The van der Waals surface area contributed by atoms with Crippen LogP contribution in [0.1, 0.15) is 38.7 Å². The van der Waals surface area contributed by atoms with E-state index >= 15 is 0 Å². The molecule has 1 aromatic rings. The lowest BCUT2D eigenvalue weighted by atomic mass is 9.69. The number of aliphatic carboxylic acids is 1. The summed E-state index contributed by atoms with van der Waals surface area (Å²) in [6.45, 7) is 4.31. The maximum Gasteiger partial charge on any atom is 0.306 e. The standard InChI is InChI=1S/C17H22F2O2/c1-10(2)12-4-5-14(17(20)21)13(9-12)7-11-3-6-15(18)16(19)8-11/h3,6,8,10,12-14H,4-5,7,9H2,1-2H3,(H,20,21). The zero-order chi connectivity index (χ0) is 15.6. The Morgan fingerprint density at radius 3 is 2.57 bits per heavy atom. The molecule has 0 amide bonds. The van der Waals surface area contributed by atoms with Crippen molar-refractivity contribution in [1.82, 2.24) is 0 Å². The van der Waals surface area contributed by atoms with Crippen LogP contribution >= 0.6 is 0 Å². The predicted molar refractivity (Wildman–Crippen MR) is 76.9 cm³/mol. The first-order valence-corrected chi connectivity index (χ1v) is 7.55. The van der Waals surface area contributed by atoms with Gasteiger partial charge in [0, 0.05) is 0 Å². The normalized spacial score (nSPS) is 26.0. The molecule has 1 aliphatic carbocycles. The van der Waals surface area contributed by atoms with Crippen LogP contribution < -0.4 is 0 Å². The number of hydrogen-bond donors (Lipinski definition) is 1. The van der Waals surface area contributed by atoms with Crippen LogP contribution in [-0.2, 0) is 11.2 Å². The van der Waals surface area contributed by atoms with Crippen molar-refractivity contribution in [2.75, 3.05) is 0 Å². The molecule has 3 atom stereocenters. The van der Waals surface area contributed by atoms with Gasteiger partial charge < -0.3 is 5.11 Å². The summed E-state index contributed by atoms with van der Waals surface area (Å²) in [5.41, 5.74) is 0.676. The highest BCUT2D eigenvalue weighted by Gasteiger charge is 2.35. The molecule has 0 heterocycles. The van der Waals surface area contributed by atoms with Crippen molar-refractivity contribution in [3.8, 4) is 0 Å². The Balaban J connectivity index is 2.15. The van der Waals surface area contributed by atoms with Crippen LogP contribution in [0.5, 0.6) is 0 Å². The van der Waals surface area contributed by atoms with Gasteiger partial charge in [-0.1, -0.05) is 19.9 Å². The lowest BCUT2D eigenvalue weighted by molar-refractivity contribution is -0.145. The summed E-state index contributed by atoms with van der Waals surface area (Å²) in [6, 6.07) is 3.85. The summed E-state index contributed by atoms with van der Waals surface area (Å²) in [6.07, 6.45) is 2.94. The van der Waals surface area contributed by atoms with Crippen LogP contribution in [0.2, 0.25) is 0 Å². The minimum Gasteiger partial charge on any atom is -0.481 e. The molecule has 3 unspecified atom stereocenters. The molecule has 0 aromatic heterocycles. The fourth-order valence-electron chi connectivity index (χ4n) is 3.43. The van der Waals surface area contributed by atoms with Gasteiger partial charge in [-0.3, -0.25) is 4.79 Å². The first-order valence-electron chi connectivity index (χ1n) is 7.55. The zero-order valence-electron chi connectivity index (χ0n) is 12.5. The summed E-state index contributed by atoms with van der Waals surface area (Å²) in [7, 11) is 0. The largest absolute Gasteiger partial charge is 0.481 e. The van der Waals surface area contributed by atoms with Gasteiger partial charge in [-0.25, -0.2) is 8.78 Å². The molecule has 1 aromatic carbocycles. The number of hydrogen-bond acceptors (Lipinski definition) is 1. The molecule has 1 fully saturated rings. The maximum absolute atomic E-state index is 13.3. The second kappa shape index (κ2) is 6.54. The van der Waals surface area contributed by atoms with Gasteiger partial charge in [0.2, 0.25) is 0 Å². The first-order chi connectivity index (χ1) is 9.88. The molecule has 0 spiro atoms. The van der Waals surface area contributed by atoms with E-state index in [-0.39, 0.29) is 11.8 Å². The van der Waals surface area contributed by atoms with Gasteiger partial charge in [0.1, 0.15) is 0 Å². The van der Waals surface area contributed by atoms with Crippen LogP contribution in [0.4, 0.5) is 8.78 Å². The van der Waals surface area contributed by atoms with Gasteiger partial charge >= 0.3 is 5.97 Å². The third-order valence-electron chi connectivity index (χ3n) is 4.76. The second-order valence-corrected chi connectivity index (χ2v) is 6.47. The van der Waals surface area contributed by atoms with Crippen LogP contribution in [0.3, 0.4) is 0 Å². The highest BCUT2D eigenvalue weighted by Crippen LogP contribution is 2.39. The SMILES string of the molecule is CC(C)C1CCC(C(=O)O)C(Cc2ccc(F)c(F)c2)C1. The van der Waals surface area contributed by atoms with Crippen molar-refractivity contribution in [3.05, 3.63) is 35.4 Å². The Morgan fingerprint density at radius 2 is 2.00 bits per heavy atom. The molecule has 0 saturated heterocycles. The Bertz CT molecular complexity index is 514. The lowest BCUT2D eigenvalue weighted by Gasteiger charge is -2.36. The van der Waals surface area contributed by atoms with Gasteiger partial charge in [-0.2, -0.15) is 0 Å². The molecule has 1 aliphatic rings. The summed E-state index contributed by atoms with van der Waals surface area (Å²) in [5.74, 6) is -1.86. The topological polar surface area (TPSA) is 37.3 Å². The molecule has 116 valence electrons. The van der Waals surface area contributed by atoms with Crippen molar-refractivity contribution in [2.24, 2.45) is 23.7 Å². The Hall–Kier alpha value is -1.45. The predicted octanol–water partition coefficient (Wildman–Crippen LogP) is 4.28. The van der Waals surface area contributed by atoms with Crippen molar-refractivity contribution in [3.63, 3.8) is 0 Å². The van der Waals surface area contributed by atoms with E-state index in [1.54, 1.807) is 6.07 Å². The molecule has 0 bridgehead atoms. The third-order valence-corrected chi connectivity index (χ3v) is 4.76. The van der Waals surface area contributed by atoms with E-state index in [0.717, 1.165) is 18.9 Å². The molecule has 2 rings (SSSR count). The molecular formula is C17H22F2O2. The molecule has 21 heavy (non-hydrogen) atoms. The number of carboxylic acids is 1. The summed E-state index contributed by atoms with van der Waals surface area (Å²) in [5, 5.41) is 9.38. The first kappa shape index (κ1) is 15.9. The quantitative estimate of drug-likeness (QED) is 0.900. The lowest BCUT2D eigenvalue weighted by Crippen LogP contribution is -2.33.